The second-order valence-electron chi connectivity index (χ2n) is 5.52. The first-order valence-corrected chi connectivity index (χ1v) is 7.99. The molecule has 0 radical (unpaired) electrons. The van der Waals surface area contributed by atoms with Crippen LogP contribution < -0.4 is 21.4 Å². The molecule has 8 nitrogen and oxygen atoms in total. The van der Waals surface area contributed by atoms with Gasteiger partial charge in [-0.15, -0.1) is 0 Å². The first kappa shape index (κ1) is 17.3. The molecule has 0 saturated carbocycles. The molecule has 1 aliphatic rings. The molecule has 0 saturated heterocycles. The Morgan fingerprint density at radius 2 is 2.13 bits per heavy atom. The molecule has 1 atom stereocenters. The average molecular weight is 321 g/mol. The minimum Gasteiger partial charge on any atom is -0.394 e. The van der Waals surface area contributed by atoms with Crippen LogP contribution in [0, 0.1) is 0 Å². The van der Waals surface area contributed by atoms with Crippen molar-refractivity contribution in [1.82, 2.24) is 25.7 Å². The van der Waals surface area contributed by atoms with Crippen molar-refractivity contribution in [3.05, 3.63) is 17.5 Å². The number of fused-ring (bicyclic) bond motifs is 1. The molecular formula is C15H27N7O. The Hall–Kier alpha value is -2.06. The molecule has 5 N–H and O–H groups in total. The van der Waals surface area contributed by atoms with Gasteiger partial charge in [-0.2, -0.15) is 4.98 Å². The molecule has 0 bridgehead atoms. The van der Waals surface area contributed by atoms with Gasteiger partial charge < -0.3 is 26.1 Å². The Morgan fingerprint density at radius 3 is 2.74 bits per heavy atom. The lowest BCUT2D eigenvalue weighted by Crippen LogP contribution is -2.36. The van der Waals surface area contributed by atoms with Gasteiger partial charge in [-0.3, -0.25) is 0 Å². The summed E-state index contributed by atoms with van der Waals surface area (Å²) in [7, 11) is 3.68. The number of rotatable bonds is 8. The van der Waals surface area contributed by atoms with E-state index in [2.05, 4.69) is 38.3 Å². The van der Waals surface area contributed by atoms with Crippen LogP contribution in [0.5, 0.6) is 0 Å². The number of hydrogen-bond donors (Lipinski definition) is 5. The van der Waals surface area contributed by atoms with Gasteiger partial charge in [-0.05, 0) is 13.3 Å². The van der Waals surface area contributed by atoms with Crippen molar-refractivity contribution in [1.29, 1.82) is 0 Å². The van der Waals surface area contributed by atoms with E-state index in [0.29, 0.717) is 12.5 Å². The fourth-order valence-corrected chi connectivity index (χ4v) is 2.33. The Balaban J connectivity index is 2.46. The van der Waals surface area contributed by atoms with Crippen molar-refractivity contribution in [2.24, 2.45) is 0 Å². The molecule has 1 aliphatic heterocycles. The fraction of sp³-hybridized carbons (Fsp3) is 0.600. The quantitative estimate of drug-likeness (QED) is 0.474. The third-order valence-corrected chi connectivity index (χ3v) is 3.61. The van der Waals surface area contributed by atoms with Crippen LogP contribution in [0.1, 0.15) is 31.5 Å². The molecule has 0 aromatic carbocycles. The molecule has 23 heavy (non-hydrogen) atoms. The summed E-state index contributed by atoms with van der Waals surface area (Å²) >= 11 is 0. The number of nitrogens with one attached hydrogen (secondary N) is 4. The predicted molar refractivity (Wildman–Crippen MR) is 92.6 cm³/mol. The van der Waals surface area contributed by atoms with Crippen LogP contribution in [0.3, 0.4) is 0 Å². The lowest BCUT2D eigenvalue weighted by Gasteiger charge is -2.30. The van der Waals surface area contributed by atoms with Crippen molar-refractivity contribution >= 4 is 17.5 Å². The SMILES string of the molecule is CCCNC1=CN(NC)Cc2c(N[C@H](C)CO)nc(NC)nc21. The summed E-state index contributed by atoms with van der Waals surface area (Å²) in [4.78, 5) is 9.14. The molecule has 0 aliphatic carbocycles. The molecule has 0 fully saturated rings. The summed E-state index contributed by atoms with van der Waals surface area (Å²) in [6.45, 7) is 5.60. The third-order valence-electron chi connectivity index (χ3n) is 3.61. The Morgan fingerprint density at radius 1 is 1.35 bits per heavy atom. The third kappa shape index (κ3) is 4.02. The summed E-state index contributed by atoms with van der Waals surface area (Å²) in [5.41, 5.74) is 5.99. The van der Waals surface area contributed by atoms with E-state index < -0.39 is 0 Å². The van der Waals surface area contributed by atoms with Crippen LogP contribution in [0.25, 0.3) is 5.70 Å². The van der Waals surface area contributed by atoms with Gasteiger partial charge >= 0.3 is 0 Å². The first-order chi connectivity index (χ1) is 11.1. The minimum atomic E-state index is -0.0836. The van der Waals surface area contributed by atoms with Crippen LogP contribution in [0.4, 0.5) is 11.8 Å². The van der Waals surface area contributed by atoms with E-state index in [1.165, 1.54) is 0 Å². The number of anilines is 2. The van der Waals surface area contributed by atoms with E-state index in [4.69, 9.17) is 0 Å². The number of hydrogen-bond acceptors (Lipinski definition) is 8. The van der Waals surface area contributed by atoms with Gasteiger partial charge in [-0.1, -0.05) is 6.92 Å². The van der Waals surface area contributed by atoms with Crippen LogP contribution in [-0.4, -0.2) is 53.4 Å². The number of nitrogens with zero attached hydrogens (tertiary/aromatic N) is 3. The number of aromatic nitrogens is 2. The Bertz CT molecular complexity index is 561. The molecule has 128 valence electrons. The molecule has 1 aromatic rings. The summed E-state index contributed by atoms with van der Waals surface area (Å²) in [6.07, 6.45) is 3.05. The van der Waals surface area contributed by atoms with Crippen molar-refractivity contribution < 1.29 is 5.11 Å². The maximum Gasteiger partial charge on any atom is 0.225 e. The number of aliphatic hydroxyl groups excluding tert-OH is 1. The monoisotopic (exact) mass is 321 g/mol. The smallest absolute Gasteiger partial charge is 0.225 e. The second kappa shape index (κ2) is 7.98. The molecule has 1 aromatic heterocycles. The van der Waals surface area contributed by atoms with Gasteiger partial charge in [0.15, 0.2) is 0 Å². The maximum absolute atomic E-state index is 9.32. The topological polar surface area (TPSA) is 97.4 Å². The van der Waals surface area contributed by atoms with Crippen LogP contribution >= 0.6 is 0 Å². The predicted octanol–water partition coefficient (Wildman–Crippen LogP) is 0.559. The summed E-state index contributed by atoms with van der Waals surface area (Å²) in [5.74, 6) is 1.29. The summed E-state index contributed by atoms with van der Waals surface area (Å²) in [6, 6.07) is -0.0836. The van der Waals surface area contributed by atoms with E-state index in [1.807, 2.05) is 25.2 Å². The van der Waals surface area contributed by atoms with Gasteiger partial charge in [0.25, 0.3) is 0 Å². The molecule has 2 heterocycles. The van der Waals surface area contributed by atoms with E-state index in [0.717, 1.165) is 35.7 Å². The van der Waals surface area contributed by atoms with Gasteiger partial charge in [0.1, 0.15) is 11.5 Å². The van der Waals surface area contributed by atoms with E-state index in [-0.39, 0.29) is 12.6 Å². The normalized spacial score (nSPS) is 14.8. The van der Waals surface area contributed by atoms with Crippen LogP contribution in [0.2, 0.25) is 0 Å². The van der Waals surface area contributed by atoms with Crippen molar-refractivity contribution in [3.63, 3.8) is 0 Å². The lowest BCUT2D eigenvalue weighted by atomic mass is 10.1. The van der Waals surface area contributed by atoms with E-state index in [9.17, 15) is 5.11 Å². The summed E-state index contributed by atoms with van der Waals surface area (Å²) < 4.78 is 0. The molecular weight excluding hydrogens is 294 g/mol. The van der Waals surface area contributed by atoms with E-state index >= 15 is 0 Å². The van der Waals surface area contributed by atoms with Gasteiger partial charge in [0, 0.05) is 38.4 Å². The average Bonchev–Trinajstić information content (AvgIpc) is 2.59. The minimum absolute atomic E-state index is 0.0419. The van der Waals surface area contributed by atoms with E-state index in [1.54, 1.807) is 7.05 Å². The molecule has 0 unspecified atom stereocenters. The number of hydrazine groups is 1. The molecule has 8 heteroatoms. The van der Waals surface area contributed by atoms with Crippen molar-refractivity contribution in [2.45, 2.75) is 32.9 Å². The van der Waals surface area contributed by atoms with Crippen molar-refractivity contribution in [2.75, 3.05) is 37.9 Å². The zero-order valence-corrected chi connectivity index (χ0v) is 14.3. The van der Waals surface area contributed by atoms with Crippen LogP contribution in [0.15, 0.2) is 6.20 Å². The second-order valence-corrected chi connectivity index (χ2v) is 5.52. The van der Waals surface area contributed by atoms with Crippen molar-refractivity contribution in [3.8, 4) is 0 Å². The standard InChI is InChI=1S/C15H27N7O/c1-5-6-18-12-8-22(17-4)7-11-13(12)20-15(16-3)21-14(11)19-10(2)9-23/h8,10,17-18,23H,5-7,9H2,1-4H3,(H2,16,19,20,21)/t10-/m1/s1. The van der Waals surface area contributed by atoms with Gasteiger partial charge in [0.2, 0.25) is 5.95 Å². The highest BCUT2D eigenvalue weighted by Crippen LogP contribution is 2.29. The first-order valence-electron chi connectivity index (χ1n) is 7.99. The Kier molecular flexibility index (Phi) is 6.00. The highest BCUT2D eigenvalue weighted by Gasteiger charge is 2.24. The zero-order chi connectivity index (χ0) is 16.8. The lowest BCUT2D eigenvalue weighted by molar-refractivity contribution is 0.278. The van der Waals surface area contributed by atoms with Crippen LogP contribution in [-0.2, 0) is 6.54 Å². The summed E-state index contributed by atoms with van der Waals surface area (Å²) in [5, 5.41) is 21.0. The highest BCUT2D eigenvalue weighted by molar-refractivity contribution is 5.70. The fourth-order valence-electron chi connectivity index (χ4n) is 2.33. The van der Waals surface area contributed by atoms with Gasteiger partial charge in [0.05, 0.1) is 18.8 Å². The zero-order valence-electron chi connectivity index (χ0n) is 14.3. The molecule has 0 amide bonds. The Labute approximate surface area is 137 Å². The largest absolute Gasteiger partial charge is 0.394 e. The molecule has 0 spiro atoms. The number of aliphatic hydroxyl groups is 1. The molecule has 2 rings (SSSR count). The maximum atomic E-state index is 9.32. The van der Waals surface area contributed by atoms with Gasteiger partial charge in [-0.25, -0.2) is 10.4 Å². The highest BCUT2D eigenvalue weighted by atomic mass is 16.3.